The van der Waals surface area contributed by atoms with E-state index in [4.69, 9.17) is 16.3 Å². The lowest BCUT2D eigenvalue weighted by Crippen LogP contribution is -2.51. The van der Waals surface area contributed by atoms with E-state index in [1.807, 2.05) is 10.6 Å². The Kier molecular flexibility index (Phi) is 5.42. The summed E-state index contributed by atoms with van der Waals surface area (Å²) in [5.74, 6) is -2.06. The van der Waals surface area contributed by atoms with Crippen LogP contribution in [0.15, 0.2) is 42.0 Å². The zero-order chi connectivity index (χ0) is 22.0. The first-order valence-electron chi connectivity index (χ1n) is 7.94. The van der Waals surface area contributed by atoms with Crippen LogP contribution >= 0.6 is 11.6 Å². The topological polar surface area (TPSA) is 171 Å². The standard InChI is InChI=1S/C17H9ClN4O8/c18-11-6-8(5-10-15(23)19-17(25)20-16(10)24)1-3-13(11)30-14-4-2-9(21(26)27)7-12(14)22(28)29/h1-7H,(H2,19,20,23,24,25). The van der Waals surface area contributed by atoms with Gasteiger partial charge in [0.15, 0.2) is 0 Å². The molecule has 0 atom stereocenters. The number of nitrogens with zero attached hydrogens (tertiary/aromatic N) is 2. The maximum Gasteiger partial charge on any atom is 0.328 e. The smallest absolute Gasteiger partial charge is 0.328 e. The largest absolute Gasteiger partial charge is 0.449 e. The van der Waals surface area contributed by atoms with E-state index in [0.29, 0.717) is 5.56 Å². The van der Waals surface area contributed by atoms with Gasteiger partial charge in [0.25, 0.3) is 17.5 Å². The quantitative estimate of drug-likeness (QED) is 0.314. The maximum atomic E-state index is 11.8. The van der Waals surface area contributed by atoms with Crippen LogP contribution in [0.2, 0.25) is 5.02 Å². The number of imide groups is 2. The van der Waals surface area contributed by atoms with Crippen molar-refractivity contribution in [2.24, 2.45) is 0 Å². The molecule has 4 amide bonds. The summed E-state index contributed by atoms with van der Waals surface area (Å²) in [7, 11) is 0. The van der Waals surface area contributed by atoms with Gasteiger partial charge in [0.05, 0.1) is 20.9 Å². The fourth-order valence-corrected chi connectivity index (χ4v) is 2.66. The van der Waals surface area contributed by atoms with Crippen LogP contribution in [0.3, 0.4) is 0 Å². The Morgan fingerprint density at radius 3 is 2.10 bits per heavy atom. The van der Waals surface area contributed by atoms with Gasteiger partial charge in [-0.2, -0.15) is 0 Å². The summed E-state index contributed by atoms with van der Waals surface area (Å²) < 4.78 is 5.42. The second-order valence-corrected chi connectivity index (χ2v) is 6.16. The van der Waals surface area contributed by atoms with E-state index in [2.05, 4.69) is 0 Å². The summed E-state index contributed by atoms with van der Waals surface area (Å²) in [6.07, 6.45) is 1.18. The average Bonchev–Trinajstić information content (AvgIpc) is 2.66. The molecule has 1 aliphatic heterocycles. The predicted molar refractivity (Wildman–Crippen MR) is 101 cm³/mol. The third-order valence-corrected chi connectivity index (χ3v) is 4.08. The van der Waals surface area contributed by atoms with Gasteiger partial charge < -0.3 is 4.74 Å². The Hall–Kier alpha value is -4.32. The summed E-state index contributed by atoms with van der Waals surface area (Å²) in [4.78, 5) is 55.0. The molecule has 1 fully saturated rings. The van der Waals surface area contributed by atoms with Crippen LogP contribution < -0.4 is 15.4 Å². The number of amides is 4. The van der Waals surface area contributed by atoms with Gasteiger partial charge in [-0.25, -0.2) is 4.79 Å². The maximum absolute atomic E-state index is 11.8. The molecule has 0 aromatic heterocycles. The number of barbiturate groups is 1. The van der Waals surface area contributed by atoms with Crippen LogP contribution in [0.5, 0.6) is 11.5 Å². The van der Waals surface area contributed by atoms with Crippen molar-refractivity contribution in [1.82, 2.24) is 10.6 Å². The molecule has 13 heteroatoms. The van der Waals surface area contributed by atoms with E-state index in [-0.39, 0.29) is 22.1 Å². The molecule has 0 bridgehead atoms. The van der Waals surface area contributed by atoms with E-state index in [0.717, 1.165) is 18.2 Å². The highest BCUT2D eigenvalue weighted by molar-refractivity contribution is 6.33. The second kappa shape index (κ2) is 7.97. The van der Waals surface area contributed by atoms with Crippen molar-refractivity contribution >= 4 is 46.9 Å². The number of nitro groups is 2. The molecule has 0 spiro atoms. The molecule has 3 rings (SSSR count). The van der Waals surface area contributed by atoms with Gasteiger partial charge in [-0.3, -0.25) is 40.5 Å². The average molecular weight is 433 g/mol. The Labute approximate surface area is 171 Å². The van der Waals surface area contributed by atoms with Crippen molar-refractivity contribution in [3.63, 3.8) is 0 Å². The molecule has 30 heavy (non-hydrogen) atoms. The number of nitro benzene ring substituents is 2. The first-order valence-corrected chi connectivity index (χ1v) is 8.32. The van der Waals surface area contributed by atoms with E-state index in [1.54, 1.807) is 0 Å². The highest BCUT2D eigenvalue weighted by atomic mass is 35.5. The van der Waals surface area contributed by atoms with Crippen molar-refractivity contribution < 1.29 is 29.0 Å². The van der Waals surface area contributed by atoms with Crippen molar-refractivity contribution in [2.45, 2.75) is 0 Å². The van der Waals surface area contributed by atoms with Gasteiger partial charge in [-0.1, -0.05) is 17.7 Å². The number of non-ortho nitro benzene ring substituents is 1. The summed E-state index contributed by atoms with van der Waals surface area (Å²) >= 11 is 6.12. The molecule has 1 heterocycles. The van der Waals surface area contributed by atoms with Crippen LogP contribution in [0.1, 0.15) is 5.56 Å². The molecule has 0 aliphatic carbocycles. The highest BCUT2D eigenvalue weighted by Crippen LogP contribution is 2.37. The zero-order valence-corrected chi connectivity index (χ0v) is 15.3. The van der Waals surface area contributed by atoms with Crippen molar-refractivity contribution in [3.05, 3.63) is 72.8 Å². The number of urea groups is 1. The molecular weight excluding hydrogens is 424 g/mol. The van der Waals surface area contributed by atoms with Crippen LogP contribution in [0.25, 0.3) is 6.08 Å². The number of halogens is 1. The minimum absolute atomic E-state index is 0.0107. The zero-order valence-electron chi connectivity index (χ0n) is 14.6. The molecule has 2 aromatic rings. The number of carbonyl (C=O) groups excluding carboxylic acids is 3. The number of nitrogens with one attached hydrogen (secondary N) is 2. The Morgan fingerprint density at radius 1 is 0.900 bits per heavy atom. The van der Waals surface area contributed by atoms with E-state index >= 15 is 0 Å². The minimum Gasteiger partial charge on any atom is -0.449 e. The molecule has 152 valence electrons. The molecule has 0 unspecified atom stereocenters. The van der Waals surface area contributed by atoms with Gasteiger partial charge in [-0.05, 0) is 29.8 Å². The SMILES string of the molecule is O=C1NC(=O)C(=Cc2ccc(Oc3ccc([N+](=O)[O-])cc3[N+](=O)[O-])c(Cl)c2)C(=O)N1. The van der Waals surface area contributed by atoms with Gasteiger partial charge >= 0.3 is 11.7 Å². The predicted octanol–water partition coefficient (Wildman–Crippen LogP) is 2.70. The van der Waals surface area contributed by atoms with Crippen LogP contribution in [0, 0.1) is 20.2 Å². The molecule has 0 saturated carbocycles. The van der Waals surface area contributed by atoms with Crippen molar-refractivity contribution in [1.29, 1.82) is 0 Å². The number of hydrogen-bond acceptors (Lipinski definition) is 8. The molecular formula is C17H9ClN4O8. The van der Waals surface area contributed by atoms with Crippen molar-refractivity contribution in [2.75, 3.05) is 0 Å². The Bertz CT molecular complexity index is 1140. The fraction of sp³-hybridized carbons (Fsp3) is 0. The molecule has 0 radical (unpaired) electrons. The molecule has 12 nitrogen and oxygen atoms in total. The molecule has 2 aromatic carbocycles. The number of rotatable bonds is 5. The van der Waals surface area contributed by atoms with Crippen molar-refractivity contribution in [3.8, 4) is 11.5 Å². The lowest BCUT2D eigenvalue weighted by molar-refractivity contribution is -0.394. The first kappa shape index (κ1) is 20.4. The third-order valence-electron chi connectivity index (χ3n) is 3.78. The van der Waals surface area contributed by atoms with E-state index < -0.39 is 39.1 Å². The number of hydrogen-bond donors (Lipinski definition) is 2. The number of benzene rings is 2. The van der Waals surface area contributed by atoms with Gasteiger partial charge in [-0.15, -0.1) is 0 Å². The lowest BCUT2D eigenvalue weighted by Gasteiger charge is -2.14. The number of carbonyl (C=O) groups is 3. The Morgan fingerprint density at radius 2 is 1.53 bits per heavy atom. The van der Waals surface area contributed by atoms with Crippen LogP contribution in [-0.4, -0.2) is 27.7 Å². The molecule has 1 aliphatic rings. The summed E-state index contributed by atoms with van der Waals surface area (Å²) in [5.41, 5.74) is -1.14. The van der Waals surface area contributed by atoms with E-state index in [9.17, 15) is 34.6 Å². The van der Waals surface area contributed by atoms with E-state index in [1.165, 1.54) is 24.3 Å². The summed E-state index contributed by atoms with van der Waals surface area (Å²) in [6, 6.07) is 5.97. The second-order valence-electron chi connectivity index (χ2n) is 5.75. The minimum atomic E-state index is -0.936. The number of ether oxygens (including phenoxy) is 1. The Balaban J connectivity index is 1.90. The normalized spacial score (nSPS) is 13.4. The van der Waals surface area contributed by atoms with Gasteiger partial charge in [0.2, 0.25) is 5.75 Å². The third kappa shape index (κ3) is 4.23. The lowest BCUT2D eigenvalue weighted by atomic mass is 10.1. The fourth-order valence-electron chi connectivity index (χ4n) is 2.43. The van der Waals surface area contributed by atoms with Crippen LogP contribution in [0.4, 0.5) is 16.2 Å². The summed E-state index contributed by atoms with van der Waals surface area (Å²) in [5, 5.41) is 25.8. The first-order chi connectivity index (χ1) is 14.2. The van der Waals surface area contributed by atoms with Gasteiger partial charge in [0, 0.05) is 6.07 Å². The molecule has 2 N–H and O–H groups in total. The monoisotopic (exact) mass is 432 g/mol. The summed E-state index contributed by atoms with van der Waals surface area (Å²) in [6.45, 7) is 0. The highest BCUT2D eigenvalue weighted by Gasteiger charge is 2.28. The van der Waals surface area contributed by atoms with Gasteiger partial charge in [0.1, 0.15) is 11.3 Å². The molecule has 1 saturated heterocycles. The van der Waals surface area contributed by atoms with Crippen LogP contribution in [-0.2, 0) is 9.59 Å².